The Hall–Kier alpha value is -2.82. The molecule has 0 saturated carbocycles. The summed E-state index contributed by atoms with van der Waals surface area (Å²) in [5.41, 5.74) is 1.29. The summed E-state index contributed by atoms with van der Waals surface area (Å²) >= 11 is 0. The Bertz CT molecular complexity index is 924. The fraction of sp³-hybridized carbons (Fsp3) is 0.333. The van der Waals surface area contributed by atoms with E-state index in [1.807, 2.05) is 60.7 Å². The van der Waals surface area contributed by atoms with E-state index >= 15 is 0 Å². The van der Waals surface area contributed by atoms with Gasteiger partial charge in [0.05, 0.1) is 0 Å². The number of nitrogens with zero attached hydrogens (tertiary/aromatic N) is 1. The van der Waals surface area contributed by atoms with Crippen molar-refractivity contribution in [2.24, 2.45) is 0 Å². The second kappa shape index (κ2) is 11.0. The van der Waals surface area contributed by atoms with Gasteiger partial charge < -0.3 is 14.8 Å². The molecule has 31 heavy (non-hydrogen) atoms. The van der Waals surface area contributed by atoms with E-state index in [0.29, 0.717) is 6.04 Å². The zero-order valence-corrected chi connectivity index (χ0v) is 18.3. The summed E-state index contributed by atoms with van der Waals surface area (Å²) in [6.07, 6.45) is 3.57. The summed E-state index contributed by atoms with van der Waals surface area (Å²) in [6, 6.07) is 26.6. The molecule has 1 fully saturated rings. The van der Waals surface area contributed by atoms with Gasteiger partial charge in [0.15, 0.2) is 11.5 Å². The van der Waals surface area contributed by atoms with Crippen molar-refractivity contribution in [2.75, 3.05) is 26.2 Å². The van der Waals surface area contributed by atoms with Crippen molar-refractivity contribution in [2.45, 2.75) is 32.2 Å². The van der Waals surface area contributed by atoms with Crippen molar-refractivity contribution >= 4 is 0 Å². The smallest absolute Gasteiger partial charge is 0.170 e. The molecule has 162 valence electrons. The highest BCUT2D eigenvalue weighted by Crippen LogP contribution is 2.39. The van der Waals surface area contributed by atoms with Crippen molar-refractivity contribution in [1.82, 2.24) is 10.2 Å². The number of unbranched alkanes of at least 4 members (excludes halogenated alkanes) is 1. The van der Waals surface area contributed by atoms with Crippen LogP contribution in [-0.4, -0.2) is 31.1 Å². The van der Waals surface area contributed by atoms with Crippen LogP contribution >= 0.6 is 0 Å². The lowest BCUT2D eigenvalue weighted by molar-refractivity contribution is 0.163. The molecule has 0 aliphatic carbocycles. The molecule has 4 nitrogen and oxygen atoms in total. The summed E-state index contributed by atoms with van der Waals surface area (Å²) in [4.78, 5) is 2.60. The number of piperazine rings is 1. The number of hydrogen-bond acceptors (Lipinski definition) is 4. The molecule has 0 amide bonds. The third kappa shape index (κ3) is 5.87. The van der Waals surface area contributed by atoms with E-state index in [0.717, 1.165) is 55.6 Å². The number of hydrogen-bond donors (Lipinski definition) is 1. The molecule has 1 atom stereocenters. The summed E-state index contributed by atoms with van der Waals surface area (Å²) < 4.78 is 12.5. The maximum absolute atomic E-state index is 6.31. The number of nitrogens with one attached hydrogen (secondary N) is 1. The largest absolute Gasteiger partial charge is 0.453 e. The van der Waals surface area contributed by atoms with Crippen LogP contribution in [0.2, 0.25) is 0 Å². The van der Waals surface area contributed by atoms with E-state index in [2.05, 4.69) is 35.3 Å². The average Bonchev–Trinajstić information content (AvgIpc) is 2.83. The Morgan fingerprint density at radius 3 is 2.03 bits per heavy atom. The van der Waals surface area contributed by atoms with Crippen molar-refractivity contribution in [1.29, 1.82) is 0 Å². The molecule has 0 unspecified atom stereocenters. The predicted molar refractivity (Wildman–Crippen MR) is 126 cm³/mol. The summed E-state index contributed by atoms with van der Waals surface area (Å²) in [5, 5.41) is 3.47. The molecule has 1 aliphatic rings. The Labute approximate surface area is 185 Å². The van der Waals surface area contributed by atoms with Gasteiger partial charge in [0.1, 0.15) is 11.5 Å². The van der Waals surface area contributed by atoms with Gasteiger partial charge in [-0.2, -0.15) is 0 Å². The van der Waals surface area contributed by atoms with E-state index in [4.69, 9.17) is 9.47 Å². The van der Waals surface area contributed by atoms with Gasteiger partial charge in [-0.25, -0.2) is 0 Å². The quantitative estimate of drug-likeness (QED) is 0.437. The van der Waals surface area contributed by atoms with Crippen molar-refractivity contribution in [3.63, 3.8) is 0 Å². The molecular formula is C27H32N2O2. The fourth-order valence-electron chi connectivity index (χ4n) is 4.08. The van der Waals surface area contributed by atoms with Crippen LogP contribution in [-0.2, 0) is 0 Å². The Morgan fingerprint density at radius 1 is 0.806 bits per heavy atom. The third-order valence-electron chi connectivity index (χ3n) is 5.72. The number of ether oxygens (including phenoxy) is 2. The predicted octanol–water partition coefficient (Wildman–Crippen LogP) is 6.41. The van der Waals surface area contributed by atoms with Crippen molar-refractivity contribution < 1.29 is 9.47 Å². The standard InChI is InChI=1S/C27H32N2O2/c1-2-3-14-25(29-19-17-28-18-20-29)22-15-16-26(30-23-10-6-4-7-11-23)27(21-22)31-24-12-8-5-9-13-24/h4-13,15-16,21,25,28H,2-3,14,17-20H2,1H3/t25-/m1/s1. The van der Waals surface area contributed by atoms with Gasteiger partial charge in [0, 0.05) is 32.2 Å². The zero-order chi connectivity index (χ0) is 21.3. The summed E-state index contributed by atoms with van der Waals surface area (Å²) in [6.45, 7) is 6.50. The van der Waals surface area contributed by atoms with Crippen molar-refractivity contribution in [3.8, 4) is 23.0 Å². The van der Waals surface area contributed by atoms with Crippen LogP contribution in [0.4, 0.5) is 0 Å². The van der Waals surface area contributed by atoms with Crippen LogP contribution < -0.4 is 14.8 Å². The van der Waals surface area contributed by atoms with E-state index in [9.17, 15) is 0 Å². The third-order valence-corrected chi connectivity index (χ3v) is 5.72. The average molecular weight is 417 g/mol. The van der Waals surface area contributed by atoms with Crippen LogP contribution in [0.15, 0.2) is 78.9 Å². The minimum absolute atomic E-state index is 0.394. The monoisotopic (exact) mass is 416 g/mol. The molecular weight excluding hydrogens is 384 g/mol. The highest BCUT2D eigenvalue weighted by atomic mass is 16.5. The minimum Gasteiger partial charge on any atom is -0.453 e. The highest BCUT2D eigenvalue weighted by molar-refractivity contribution is 5.48. The summed E-state index contributed by atoms with van der Waals surface area (Å²) in [7, 11) is 0. The molecule has 3 aromatic carbocycles. The van der Waals surface area contributed by atoms with Gasteiger partial charge in [-0.1, -0.05) is 62.2 Å². The number of rotatable bonds is 9. The van der Waals surface area contributed by atoms with Crippen LogP contribution in [0.5, 0.6) is 23.0 Å². The lowest BCUT2D eigenvalue weighted by atomic mass is 9.98. The summed E-state index contributed by atoms with van der Waals surface area (Å²) in [5.74, 6) is 3.10. The highest BCUT2D eigenvalue weighted by Gasteiger charge is 2.23. The van der Waals surface area contributed by atoms with Gasteiger partial charge in [-0.3, -0.25) is 4.90 Å². The van der Waals surface area contributed by atoms with Crippen molar-refractivity contribution in [3.05, 3.63) is 84.4 Å². The van der Waals surface area contributed by atoms with E-state index < -0.39 is 0 Å². The molecule has 0 radical (unpaired) electrons. The number of para-hydroxylation sites is 2. The van der Waals surface area contributed by atoms with Crippen LogP contribution in [0.3, 0.4) is 0 Å². The maximum Gasteiger partial charge on any atom is 0.170 e. The molecule has 1 heterocycles. The lowest BCUT2D eigenvalue weighted by Gasteiger charge is -2.35. The molecule has 1 saturated heterocycles. The first kappa shape index (κ1) is 21.4. The van der Waals surface area contributed by atoms with Crippen LogP contribution in [0.1, 0.15) is 37.8 Å². The SMILES string of the molecule is CCCC[C@H](c1ccc(Oc2ccccc2)c(Oc2ccccc2)c1)N1CCNCC1. The van der Waals surface area contributed by atoms with Gasteiger partial charge in [0.25, 0.3) is 0 Å². The maximum atomic E-state index is 6.31. The molecule has 0 aromatic heterocycles. The Balaban J connectivity index is 1.66. The lowest BCUT2D eigenvalue weighted by Crippen LogP contribution is -2.45. The van der Waals surface area contributed by atoms with E-state index in [1.165, 1.54) is 18.4 Å². The molecule has 4 rings (SSSR count). The normalized spacial score (nSPS) is 15.4. The number of benzene rings is 3. The van der Waals surface area contributed by atoms with E-state index in [1.54, 1.807) is 0 Å². The Morgan fingerprint density at radius 2 is 1.42 bits per heavy atom. The van der Waals surface area contributed by atoms with Gasteiger partial charge in [-0.15, -0.1) is 0 Å². The second-order valence-corrected chi connectivity index (χ2v) is 7.98. The molecule has 0 bridgehead atoms. The topological polar surface area (TPSA) is 33.7 Å². The minimum atomic E-state index is 0.394. The van der Waals surface area contributed by atoms with Gasteiger partial charge >= 0.3 is 0 Å². The van der Waals surface area contributed by atoms with Gasteiger partial charge in [-0.05, 0) is 48.4 Å². The first-order chi connectivity index (χ1) is 15.3. The van der Waals surface area contributed by atoms with Gasteiger partial charge in [0.2, 0.25) is 0 Å². The first-order valence-electron chi connectivity index (χ1n) is 11.4. The first-order valence-corrected chi connectivity index (χ1v) is 11.4. The molecule has 3 aromatic rings. The molecule has 1 N–H and O–H groups in total. The zero-order valence-electron chi connectivity index (χ0n) is 18.3. The van der Waals surface area contributed by atoms with Crippen LogP contribution in [0.25, 0.3) is 0 Å². The fourth-order valence-corrected chi connectivity index (χ4v) is 4.08. The Kier molecular flexibility index (Phi) is 7.59. The molecule has 0 spiro atoms. The van der Waals surface area contributed by atoms with E-state index in [-0.39, 0.29) is 0 Å². The molecule has 4 heteroatoms. The molecule has 1 aliphatic heterocycles. The second-order valence-electron chi connectivity index (χ2n) is 7.98. The van der Waals surface area contributed by atoms with Crippen LogP contribution in [0, 0.1) is 0 Å².